The van der Waals surface area contributed by atoms with Gasteiger partial charge in [-0.3, -0.25) is 0 Å². The SMILES string of the molecule is O=CC1CNCCN1c1ccccc1Cc1ccc2[nH]ccc2c1. The molecule has 0 aliphatic carbocycles. The number of carbonyl (C=O) groups is 1. The second kappa shape index (κ2) is 6.49. The average Bonchev–Trinajstić information content (AvgIpc) is 3.10. The summed E-state index contributed by atoms with van der Waals surface area (Å²) in [6, 6.07) is 17.0. The molecule has 2 aromatic carbocycles. The highest BCUT2D eigenvalue weighted by molar-refractivity contribution is 5.80. The minimum Gasteiger partial charge on any atom is -0.361 e. The highest BCUT2D eigenvalue weighted by atomic mass is 16.1. The molecule has 0 bridgehead atoms. The second-order valence-corrected chi connectivity index (χ2v) is 6.31. The number of benzene rings is 2. The molecule has 1 aliphatic rings. The van der Waals surface area contributed by atoms with Crippen LogP contribution in [-0.2, 0) is 11.2 Å². The van der Waals surface area contributed by atoms with Crippen LogP contribution in [0.5, 0.6) is 0 Å². The Morgan fingerprint density at radius 2 is 2.08 bits per heavy atom. The van der Waals surface area contributed by atoms with Gasteiger partial charge in [-0.2, -0.15) is 0 Å². The fourth-order valence-electron chi connectivity index (χ4n) is 3.52. The number of hydrogen-bond acceptors (Lipinski definition) is 3. The number of aromatic amines is 1. The standard InChI is InChI=1S/C20H21N3O/c24-14-18-13-21-9-10-23(18)20-4-2-1-3-17(20)12-15-5-6-19-16(11-15)7-8-22-19/h1-8,11,14,18,21-22H,9-10,12-13H2. The molecule has 24 heavy (non-hydrogen) atoms. The molecule has 1 atom stereocenters. The van der Waals surface area contributed by atoms with Gasteiger partial charge in [0.15, 0.2) is 0 Å². The van der Waals surface area contributed by atoms with Crippen LogP contribution in [0, 0.1) is 0 Å². The van der Waals surface area contributed by atoms with E-state index in [0.29, 0.717) is 6.54 Å². The number of nitrogens with zero attached hydrogens (tertiary/aromatic N) is 1. The van der Waals surface area contributed by atoms with Crippen LogP contribution in [0.1, 0.15) is 11.1 Å². The third kappa shape index (κ3) is 2.81. The highest BCUT2D eigenvalue weighted by Crippen LogP contribution is 2.26. The van der Waals surface area contributed by atoms with Crippen LogP contribution in [-0.4, -0.2) is 36.9 Å². The molecule has 4 rings (SSSR count). The van der Waals surface area contributed by atoms with Crippen molar-refractivity contribution >= 4 is 22.9 Å². The van der Waals surface area contributed by atoms with Gasteiger partial charge in [-0.15, -0.1) is 0 Å². The summed E-state index contributed by atoms with van der Waals surface area (Å²) in [6.45, 7) is 2.48. The van der Waals surface area contributed by atoms with E-state index in [1.807, 2.05) is 6.20 Å². The molecule has 122 valence electrons. The lowest BCUT2D eigenvalue weighted by Gasteiger charge is -2.36. The summed E-state index contributed by atoms with van der Waals surface area (Å²) in [6.07, 6.45) is 3.89. The molecule has 4 heteroatoms. The lowest BCUT2D eigenvalue weighted by atomic mass is 10.0. The molecule has 1 aromatic heterocycles. The number of aldehydes is 1. The first-order chi connectivity index (χ1) is 11.8. The highest BCUT2D eigenvalue weighted by Gasteiger charge is 2.23. The molecule has 0 amide bonds. The summed E-state index contributed by atoms with van der Waals surface area (Å²) in [5.74, 6) is 0. The lowest BCUT2D eigenvalue weighted by molar-refractivity contribution is -0.109. The Labute approximate surface area is 141 Å². The quantitative estimate of drug-likeness (QED) is 0.727. The minimum atomic E-state index is -0.0907. The van der Waals surface area contributed by atoms with Crippen molar-refractivity contribution in [2.24, 2.45) is 0 Å². The molecule has 2 heterocycles. The predicted octanol–water partition coefficient (Wildman–Crippen LogP) is 2.74. The van der Waals surface area contributed by atoms with E-state index in [2.05, 4.69) is 63.7 Å². The number of piperazine rings is 1. The van der Waals surface area contributed by atoms with Crippen LogP contribution in [0.2, 0.25) is 0 Å². The van der Waals surface area contributed by atoms with E-state index < -0.39 is 0 Å². The number of nitrogens with one attached hydrogen (secondary N) is 2. The number of rotatable bonds is 4. The van der Waals surface area contributed by atoms with Crippen molar-refractivity contribution in [3.8, 4) is 0 Å². The van der Waals surface area contributed by atoms with Crippen LogP contribution >= 0.6 is 0 Å². The molecular formula is C20H21N3O. The first-order valence-electron chi connectivity index (χ1n) is 8.42. The monoisotopic (exact) mass is 319 g/mol. The smallest absolute Gasteiger partial charge is 0.143 e. The minimum absolute atomic E-state index is 0.0907. The Bertz CT molecular complexity index is 855. The van der Waals surface area contributed by atoms with E-state index >= 15 is 0 Å². The van der Waals surface area contributed by atoms with E-state index in [-0.39, 0.29) is 6.04 Å². The molecular weight excluding hydrogens is 298 g/mol. The van der Waals surface area contributed by atoms with Gasteiger partial charge in [0, 0.05) is 37.0 Å². The van der Waals surface area contributed by atoms with Crippen molar-refractivity contribution < 1.29 is 4.79 Å². The normalized spacial score (nSPS) is 18.0. The zero-order chi connectivity index (χ0) is 16.4. The zero-order valence-corrected chi connectivity index (χ0v) is 13.5. The van der Waals surface area contributed by atoms with Gasteiger partial charge in [-0.25, -0.2) is 0 Å². The van der Waals surface area contributed by atoms with Gasteiger partial charge in [0.05, 0.1) is 6.04 Å². The summed E-state index contributed by atoms with van der Waals surface area (Å²) >= 11 is 0. The number of anilines is 1. The largest absolute Gasteiger partial charge is 0.361 e. The first-order valence-corrected chi connectivity index (χ1v) is 8.42. The molecule has 1 aliphatic heterocycles. The second-order valence-electron chi connectivity index (χ2n) is 6.31. The van der Waals surface area contributed by atoms with E-state index in [0.717, 1.165) is 31.3 Å². The van der Waals surface area contributed by atoms with Gasteiger partial charge < -0.3 is 20.0 Å². The molecule has 3 aromatic rings. The Kier molecular flexibility index (Phi) is 4.05. The molecule has 0 spiro atoms. The first kappa shape index (κ1) is 15.0. The third-order valence-electron chi connectivity index (χ3n) is 4.75. The van der Waals surface area contributed by atoms with Crippen LogP contribution in [0.3, 0.4) is 0 Å². The predicted molar refractivity (Wildman–Crippen MR) is 97.6 cm³/mol. The van der Waals surface area contributed by atoms with Gasteiger partial charge in [-0.05, 0) is 47.2 Å². The van der Waals surface area contributed by atoms with Gasteiger partial charge >= 0.3 is 0 Å². The molecule has 2 N–H and O–H groups in total. The molecule has 1 fully saturated rings. The maximum atomic E-state index is 11.4. The molecule has 0 radical (unpaired) electrons. The fraction of sp³-hybridized carbons (Fsp3) is 0.250. The number of H-pyrrole nitrogens is 1. The Hall–Kier alpha value is -2.59. The summed E-state index contributed by atoms with van der Waals surface area (Å²) in [5.41, 5.74) is 4.88. The van der Waals surface area contributed by atoms with Crippen LogP contribution in [0.4, 0.5) is 5.69 Å². The van der Waals surface area contributed by atoms with Crippen molar-refractivity contribution in [3.05, 3.63) is 65.9 Å². The van der Waals surface area contributed by atoms with Gasteiger partial charge in [0.25, 0.3) is 0 Å². The number of carbonyl (C=O) groups excluding carboxylic acids is 1. The van der Waals surface area contributed by atoms with E-state index in [1.54, 1.807) is 0 Å². The lowest BCUT2D eigenvalue weighted by Crippen LogP contribution is -2.52. The zero-order valence-electron chi connectivity index (χ0n) is 13.5. The topological polar surface area (TPSA) is 48.1 Å². The van der Waals surface area contributed by atoms with Crippen molar-refractivity contribution in [2.75, 3.05) is 24.5 Å². The summed E-state index contributed by atoms with van der Waals surface area (Å²) < 4.78 is 0. The number of aromatic nitrogens is 1. The number of hydrogen-bond donors (Lipinski definition) is 2. The van der Waals surface area contributed by atoms with Gasteiger partial charge in [-0.1, -0.05) is 24.3 Å². The fourth-order valence-corrected chi connectivity index (χ4v) is 3.52. The summed E-state index contributed by atoms with van der Waals surface area (Å²) in [4.78, 5) is 16.9. The molecule has 1 unspecified atom stereocenters. The Morgan fingerprint density at radius 1 is 1.17 bits per heavy atom. The van der Waals surface area contributed by atoms with E-state index in [9.17, 15) is 4.79 Å². The summed E-state index contributed by atoms with van der Waals surface area (Å²) in [7, 11) is 0. The van der Waals surface area contributed by atoms with E-state index in [1.165, 1.54) is 22.2 Å². The maximum Gasteiger partial charge on any atom is 0.143 e. The van der Waals surface area contributed by atoms with E-state index in [4.69, 9.17) is 0 Å². The van der Waals surface area contributed by atoms with Crippen LogP contribution in [0.15, 0.2) is 54.7 Å². The van der Waals surface area contributed by atoms with Crippen molar-refractivity contribution in [2.45, 2.75) is 12.5 Å². The molecule has 1 saturated heterocycles. The molecule has 0 saturated carbocycles. The van der Waals surface area contributed by atoms with Crippen molar-refractivity contribution in [3.63, 3.8) is 0 Å². The molecule has 4 nitrogen and oxygen atoms in total. The van der Waals surface area contributed by atoms with Crippen LogP contribution < -0.4 is 10.2 Å². The van der Waals surface area contributed by atoms with Crippen LogP contribution in [0.25, 0.3) is 10.9 Å². The van der Waals surface area contributed by atoms with Crippen molar-refractivity contribution in [1.29, 1.82) is 0 Å². The Balaban J connectivity index is 1.66. The average molecular weight is 319 g/mol. The Morgan fingerprint density at radius 3 is 3.00 bits per heavy atom. The van der Waals surface area contributed by atoms with Gasteiger partial charge in [0.2, 0.25) is 0 Å². The summed E-state index contributed by atoms with van der Waals surface area (Å²) in [5, 5.41) is 4.53. The number of fused-ring (bicyclic) bond motifs is 1. The van der Waals surface area contributed by atoms with Gasteiger partial charge in [0.1, 0.15) is 6.29 Å². The maximum absolute atomic E-state index is 11.4. The third-order valence-corrected chi connectivity index (χ3v) is 4.75. The number of para-hydroxylation sites is 1. The van der Waals surface area contributed by atoms with Crippen molar-refractivity contribution in [1.82, 2.24) is 10.3 Å².